The van der Waals surface area contributed by atoms with Gasteiger partial charge in [0.1, 0.15) is 0 Å². The first kappa shape index (κ1) is 16.0. The quantitative estimate of drug-likeness (QED) is 0.774. The van der Waals surface area contributed by atoms with Crippen molar-refractivity contribution in [1.29, 1.82) is 0 Å². The molecular formula is C16H21N7O. The molecule has 0 bridgehead atoms. The molecule has 0 fully saturated rings. The van der Waals surface area contributed by atoms with Crippen molar-refractivity contribution in [3.63, 3.8) is 0 Å². The van der Waals surface area contributed by atoms with Crippen molar-refractivity contribution in [1.82, 2.24) is 29.3 Å². The number of nitrogens with zero attached hydrogens (tertiary/aromatic N) is 6. The zero-order valence-electron chi connectivity index (χ0n) is 14.3. The van der Waals surface area contributed by atoms with Crippen LogP contribution in [0.1, 0.15) is 34.2 Å². The number of anilines is 1. The van der Waals surface area contributed by atoms with Crippen LogP contribution in [0.5, 0.6) is 0 Å². The molecule has 126 valence electrons. The van der Waals surface area contributed by atoms with E-state index in [1.807, 2.05) is 51.1 Å². The predicted molar refractivity (Wildman–Crippen MR) is 89.9 cm³/mol. The summed E-state index contributed by atoms with van der Waals surface area (Å²) < 4.78 is 5.35. The molecule has 0 atom stereocenters. The van der Waals surface area contributed by atoms with E-state index in [9.17, 15) is 4.79 Å². The van der Waals surface area contributed by atoms with E-state index < -0.39 is 0 Å². The van der Waals surface area contributed by atoms with Crippen LogP contribution in [0.25, 0.3) is 0 Å². The summed E-state index contributed by atoms with van der Waals surface area (Å²) in [5.74, 6) is -0.170. The summed E-state index contributed by atoms with van der Waals surface area (Å²) in [6.07, 6.45) is 7.26. The number of aromatic nitrogens is 6. The van der Waals surface area contributed by atoms with Gasteiger partial charge in [-0.15, -0.1) is 0 Å². The topological polar surface area (TPSA) is 82.6 Å². The fourth-order valence-electron chi connectivity index (χ4n) is 2.66. The van der Waals surface area contributed by atoms with E-state index in [4.69, 9.17) is 0 Å². The molecule has 1 amide bonds. The first-order valence-electron chi connectivity index (χ1n) is 7.83. The molecule has 3 rings (SSSR count). The number of carbonyl (C=O) groups excluding carboxylic acids is 1. The van der Waals surface area contributed by atoms with E-state index in [2.05, 4.69) is 20.6 Å². The molecule has 0 aliphatic rings. The van der Waals surface area contributed by atoms with Crippen LogP contribution >= 0.6 is 0 Å². The lowest BCUT2D eigenvalue weighted by atomic mass is 10.2. The van der Waals surface area contributed by atoms with Crippen LogP contribution in [0, 0.1) is 13.8 Å². The van der Waals surface area contributed by atoms with Crippen LogP contribution in [0.4, 0.5) is 5.69 Å². The van der Waals surface area contributed by atoms with Crippen molar-refractivity contribution >= 4 is 11.6 Å². The number of hydrogen-bond donors (Lipinski definition) is 1. The largest absolute Gasteiger partial charge is 0.319 e. The average molecular weight is 327 g/mol. The molecular weight excluding hydrogens is 306 g/mol. The summed E-state index contributed by atoms with van der Waals surface area (Å²) in [5, 5.41) is 15.7. The van der Waals surface area contributed by atoms with Gasteiger partial charge in [-0.1, -0.05) is 0 Å². The summed E-state index contributed by atoms with van der Waals surface area (Å²) in [5.41, 5.74) is 3.88. The lowest BCUT2D eigenvalue weighted by Gasteiger charge is -2.03. The normalized spacial score (nSPS) is 11.0. The second kappa shape index (κ2) is 6.31. The predicted octanol–water partition coefficient (Wildman–Crippen LogP) is 1.75. The molecule has 3 aromatic rings. The lowest BCUT2D eigenvalue weighted by Crippen LogP contribution is -2.13. The van der Waals surface area contributed by atoms with Gasteiger partial charge in [-0.25, -0.2) is 0 Å². The molecule has 0 aromatic carbocycles. The van der Waals surface area contributed by atoms with Gasteiger partial charge in [0.25, 0.3) is 5.91 Å². The Balaban J connectivity index is 1.70. The third kappa shape index (κ3) is 3.08. The number of rotatable bonds is 5. The first-order chi connectivity index (χ1) is 11.5. The van der Waals surface area contributed by atoms with Gasteiger partial charge in [0.05, 0.1) is 35.9 Å². The Morgan fingerprint density at radius 3 is 2.54 bits per heavy atom. The van der Waals surface area contributed by atoms with Crippen LogP contribution in [0.15, 0.2) is 24.8 Å². The SMILES string of the molecule is CCn1cc(Cn2cc(NC(=O)c3c(C)nn(C)c3C)cn2)cn1. The van der Waals surface area contributed by atoms with Crippen molar-refractivity contribution in [3.05, 3.63) is 47.3 Å². The number of amides is 1. The van der Waals surface area contributed by atoms with Gasteiger partial charge in [-0.2, -0.15) is 15.3 Å². The molecule has 3 aromatic heterocycles. The second-order valence-corrected chi connectivity index (χ2v) is 5.75. The van der Waals surface area contributed by atoms with Gasteiger partial charge >= 0.3 is 0 Å². The van der Waals surface area contributed by atoms with Crippen LogP contribution in [-0.2, 0) is 20.1 Å². The smallest absolute Gasteiger partial charge is 0.259 e. The maximum Gasteiger partial charge on any atom is 0.259 e. The summed E-state index contributed by atoms with van der Waals surface area (Å²) in [6.45, 7) is 7.20. The number of hydrogen-bond acceptors (Lipinski definition) is 4. The average Bonchev–Trinajstić information content (AvgIpc) is 3.22. The van der Waals surface area contributed by atoms with E-state index in [0.29, 0.717) is 23.5 Å². The van der Waals surface area contributed by atoms with Crippen LogP contribution in [-0.4, -0.2) is 35.2 Å². The fraction of sp³-hybridized carbons (Fsp3) is 0.375. The maximum absolute atomic E-state index is 12.5. The monoisotopic (exact) mass is 327 g/mol. The minimum Gasteiger partial charge on any atom is -0.319 e. The Labute approximate surface area is 140 Å². The van der Waals surface area contributed by atoms with Gasteiger partial charge in [0.2, 0.25) is 0 Å². The maximum atomic E-state index is 12.5. The molecule has 0 aliphatic carbocycles. The van der Waals surface area contributed by atoms with Crippen molar-refractivity contribution in [2.75, 3.05) is 5.32 Å². The minimum absolute atomic E-state index is 0.170. The van der Waals surface area contributed by atoms with E-state index >= 15 is 0 Å². The van der Waals surface area contributed by atoms with Gasteiger partial charge in [0.15, 0.2) is 0 Å². The third-order valence-electron chi connectivity index (χ3n) is 3.98. The Bertz CT molecular complexity index is 871. The molecule has 8 nitrogen and oxygen atoms in total. The highest BCUT2D eigenvalue weighted by molar-refractivity contribution is 6.05. The summed E-state index contributed by atoms with van der Waals surface area (Å²) >= 11 is 0. The molecule has 0 aliphatic heterocycles. The summed E-state index contributed by atoms with van der Waals surface area (Å²) in [4.78, 5) is 12.5. The fourth-order valence-corrected chi connectivity index (χ4v) is 2.66. The van der Waals surface area contributed by atoms with Gasteiger partial charge in [0, 0.05) is 37.2 Å². The van der Waals surface area contributed by atoms with Crippen molar-refractivity contribution in [2.45, 2.75) is 33.9 Å². The molecule has 0 radical (unpaired) electrons. The van der Waals surface area contributed by atoms with Crippen molar-refractivity contribution in [3.8, 4) is 0 Å². The van der Waals surface area contributed by atoms with Crippen LogP contribution in [0.2, 0.25) is 0 Å². The summed E-state index contributed by atoms with van der Waals surface area (Å²) in [6, 6.07) is 0. The van der Waals surface area contributed by atoms with Gasteiger partial charge in [-0.3, -0.25) is 18.8 Å². The Hall–Kier alpha value is -2.90. The van der Waals surface area contributed by atoms with E-state index in [1.165, 1.54) is 0 Å². The minimum atomic E-state index is -0.170. The molecule has 1 N–H and O–H groups in total. The van der Waals surface area contributed by atoms with Crippen molar-refractivity contribution < 1.29 is 4.79 Å². The number of nitrogens with one attached hydrogen (secondary N) is 1. The number of carbonyl (C=O) groups is 1. The molecule has 0 spiro atoms. The molecule has 0 saturated heterocycles. The Kier molecular flexibility index (Phi) is 4.20. The molecule has 24 heavy (non-hydrogen) atoms. The molecule has 8 heteroatoms. The van der Waals surface area contributed by atoms with Crippen LogP contribution in [0.3, 0.4) is 0 Å². The van der Waals surface area contributed by atoms with Gasteiger partial charge < -0.3 is 5.32 Å². The zero-order chi connectivity index (χ0) is 17.3. The lowest BCUT2D eigenvalue weighted by molar-refractivity contribution is 0.102. The molecule has 3 heterocycles. The second-order valence-electron chi connectivity index (χ2n) is 5.75. The van der Waals surface area contributed by atoms with Crippen LogP contribution < -0.4 is 5.32 Å². The summed E-state index contributed by atoms with van der Waals surface area (Å²) in [7, 11) is 1.83. The van der Waals surface area contributed by atoms with E-state index in [0.717, 1.165) is 17.8 Å². The standard InChI is InChI=1S/C16H21N7O/c1-5-22-8-13(6-17-22)9-23-10-14(7-18-23)19-16(24)15-11(2)20-21(4)12(15)3/h6-8,10H,5,9H2,1-4H3,(H,19,24). The Morgan fingerprint density at radius 2 is 1.92 bits per heavy atom. The highest BCUT2D eigenvalue weighted by atomic mass is 16.1. The molecule has 0 saturated carbocycles. The highest BCUT2D eigenvalue weighted by Gasteiger charge is 2.17. The first-order valence-corrected chi connectivity index (χ1v) is 7.83. The third-order valence-corrected chi connectivity index (χ3v) is 3.98. The van der Waals surface area contributed by atoms with E-state index in [-0.39, 0.29) is 5.91 Å². The Morgan fingerprint density at radius 1 is 1.17 bits per heavy atom. The van der Waals surface area contributed by atoms with E-state index in [1.54, 1.807) is 15.6 Å². The highest BCUT2D eigenvalue weighted by Crippen LogP contribution is 2.15. The molecule has 0 unspecified atom stereocenters. The zero-order valence-corrected chi connectivity index (χ0v) is 14.3. The van der Waals surface area contributed by atoms with Gasteiger partial charge in [-0.05, 0) is 20.8 Å². The van der Waals surface area contributed by atoms with Crippen molar-refractivity contribution in [2.24, 2.45) is 7.05 Å². The number of aryl methyl sites for hydroxylation is 3.